The van der Waals surface area contributed by atoms with Gasteiger partial charge in [0.2, 0.25) is 0 Å². The van der Waals surface area contributed by atoms with Crippen LogP contribution in [0.3, 0.4) is 0 Å². The minimum Gasteiger partial charge on any atom is -0.463 e. The quantitative estimate of drug-likeness (QED) is 0.345. The lowest BCUT2D eigenvalue weighted by Crippen LogP contribution is -2.28. The number of carbonyl (C=O) groups excluding carboxylic acids is 1. The number of alkyl halides is 3. The SMILES string of the molecule is CCN(CC)CCOC(=O)CN=C(C=C(N)C(F)(F)F)c1nsc(-c2cccc(S(C)(=O)=O)c2)n1. The van der Waals surface area contributed by atoms with E-state index in [4.69, 9.17) is 10.5 Å². The van der Waals surface area contributed by atoms with Gasteiger partial charge in [-0.3, -0.25) is 9.79 Å². The van der Waals surface area contributed by atoms with Gasteiger partial charge >= 0.3 is 12.1 Å². The number of aliphatic imine (C=N–C) groups is 1. The van der Waals surface area contributed by atoms with Gasteiger partial charge in [0.05, 0.1) is 4.90 Å². The minimum atomic E-state index is -4.83. The summed E-state index contributed by atoms with van der Waals surface area (Å²) in [7, 11) is -3.48. The van der Waals surface area contributed by atoms with Gasteiger partial charge in [0.25, 0.3) is 0 Å². The van der Waals surface area contributed by atoms with Crippen molar-refractivity contribution < 1.29 is 31.1 Å². The predicted octanol–water partition coefficient (Wildman–Crippen LogP) is 2.69. The zero-order chi connectivity index (χ0) is 26.2. The third kappa shape index (κ3) is 8.71. The maximum atomic E-state index is 13.0. The van der Waals surface area contributed by atoms with Gasteiger partial charge in [-0.05, 0) is 42.8 Å². The Labute approximate surface area is 205 Å². The monoisotopic (exact) mass is 533 g/mol. The van der Waals surface area contributed by atoms with E-state index in [9.17, 15) is 26.4 Å². The fraction of sp³-hybridized carbons (Fsp3) is 0.429. The zero-order valence-corrected chi connectivity index (χ0v) is 21.0. The summed E-state index contributed by atoms with van der Waals surface area (Å²) in [4.78, 5) is 22.2. The molecule has 0 saturated carbocycles. The first kappa shape index (κ1) is 28.4. The molecule has 2 N–H and O–H groups in total. The molecule has 0 amide bonds. The molecule has 1 heterocycles. The van der Waals surface area contributed by atoms with Gasteiger partial charge in [-0.2, -0.15) is 17.5 Å². The molecule has 2 aromatic rings. The Morgan fingerprint density at radius 2 is 1.97 bits per heavy atom. The van der Waals surface area contributed by atoms with Crippen LogP contribution in [-0.2, 0) is 19.4 Å². The summed E-state index contributed by atoms with van der Waals surface area (Å²) in [6.45, 7) is 5.55. The van der Waals surface area contributed by atoms with Gasteiger partial charge in [0.1, 0.15) is 29.6 Å². The van der Waals surface area contributed by atoms with Crippen molar-refractivity contribution in [1.82, 2.24) is 14.3 Å². The van der Waals surface area contributed by atoms with Gasteiger partial charge in [-0.1, -0.05) is 26.0 Å². The Morgan fingerprint density at radius 3 is 2.57 bits per heavy atom. The van der Waals surface area contributed by atoms with Crippen LogP contribution in [0, 0.1) is 0 Å². The van der Waals surface area contributed by atoms with Gasteiger partial charge in [0, 0.05) is 18.4 Å². The highest BCUT2D eigenvalue weighted by atomic mass is 32.2. The third-order valence-corrected chi connectivity index (χ3v) is 6.60. The number of nitrogens with zero attached hydrogens (tertiary/aromatic N) is 4. The molecule has 2 rings (SSSR count). The molecular formula is C21H26F3N5O4S2. The lowest BCUT2D eigenvalue weighted by Gasteiger charge is -2.17. The molecule has 35 heavy (non-hydrogen) atoms. The number of ether oxygens (including phenoxy) is 1. The van der Waals surface area contributed by atoms with E-state index in [-0.39, 0.29) is 28.0 Å². The molecule has 0 aliphatic rings. The van der Waals surface area contributed by atoms with Crippen molar-refractivity contribution in [2.24, 2.45) is 10.7 Å². The van der Waals surface area contributed by atoms with E-state index in [1.165, 1.54) is 18.2 Å². The van der Waals surface area contributed by atoms with Gasteiger partial charge in [0.15, 0.2) is 15.7 Å². The minimum absolute atomic E-state index is 0.0503. The smallest absolute Gasteiger partial charge is 0.430 e. The first-order valence-electron chi connectivity index (χ1n) is 10.5. The van der Waals surface area contributed by atoms with Crippen LogP contribution in [0.15, 0.2) is 45.9 Å². The molecule has 9 nitrogen and oxygen atoms in total. The molecule has 0 saturated heterocycles. The number of likely N-dealkylation sites (N-methyl/N-ethyl adjacent to an activating group) is 1. The number of nitrogens with two attached hydrogens (primary N) is 1. The fourth-order valence-electron chi connectivity index (χ4n) is 2.74. The van der Waals surface area contributed by atoms with Crippen LogP contribution in [-0.4, -0.2) is 79.6 Å². The number of halogens is 3. The standard InChI is InChI=1S/C21H26F3N5O4S2/c1-4-29(5-2)9-10-33-18(30)13-26-16(12-17(25)21(22,23)24)19-27-20(34-28-19)14-7-6-8-15(11-14)35(3,31)32/h6-8,11-12H,4-5,9-10,13,25H2,1-3H3. The maximum Gasteiger partial charge on any atom is 0.430 e. The van der Waals surface area contributed by atoms with Crippen LogP contribution in [0.4, 0.5) is 13.2 Å². The number of esters is 1. The molecule has 0 fully saturated rings. The zero-order valence-electron chi connectivity index (χ0n) is 19.4. The molecule has 1 aromatic carbocycles. The molecule has 0 unspecified atom stereocenters. The van der Waals surface area contributed by atoms with Crippen LogP contribution in [0.25, 0.3) is 10.6 Å². The number of rotatable bonds is 11. The first-order valence-corrected chi connectivity index (χ1v) is 13.1. The summed E-state index contributed by atoms with van der Waals surface area (Å²) in [6, 6.07) is 5.89. The maximum absolute atomic E-state index is 13.0. The van der Waals surface area contributed by atoms with Gasteiger partial charge in [-0.25, -0.2) is 13.4 Å². The number of hydrogen-bond donors (Lipinski definition) is 1. The Kier molecular flexibility index (Phi) is 9.92. The molecule has 0 spiro atoms. The molecule has 0 atom stereocenters. The summed E-state index contributed by atoms with van der Waals surface area (Å²) in [5, 5.41) is 0.249. The highest BCUT2D eigenvalue weighted by Crippen LogP contribution is 2.26. The lowest BCUT2D eigenvalue weighted by molar-refractivity contribution is -0.142. The number of benzene rings is 1. The topological polar surface area (TPSA) is 128 Å². The number of carbonyl (C=O) groups is 1. The number of sulfone groups is 1. The predicted molar refractivity (Wildman–Crippen MR) is 127 cm³/mol. The second-order valence-electron chi connectivity index (χ2n) is 7.27. The highest BCUT2D eigenvalue weighted by Gasteiger charge is 2.32. The van der Waals surface area contributed by atoms with Gasteiger partial charge in [-0.15, -0.1) is 0 Å². The van der Waals surface area contributed by atoms with E-state index in [1.807, 2.05) is 18.7 Å². The van der Waals surface area contributed by atoms with Crippen molar-refractivity contribution in [3.8, 4) is 10.6 Å². The van der Waals surface area contributed by atoms with E-state index >= 15 is 0 Å². The first-order chi connectivity index (χ1) is 16.3. The summed E-state index contributed by atoms with van der Waals surface area (Å²) in [5.41, 5.74) is 3.74. The lowest BCUT2D eigenvalue weighted by atomic mass is 10.2. The summed E-state index contributed by atoms with van der Waals surface area (Å²) < 4.78 is 71.8. The average molecular weight is 534 g/mol. The van der Waals surface area contributed by atoms with Crippen molar-refractivity contribution >= 4 is 33.1 Å². The van der Waals surface area contributed by atoms with E-state index < -0.39 is 34.2 Å². The Bertz CT molecular complexity index is 1190. The van der Waals surface area contributed by atoms with Crippen molar-refractivity contribution in [2.45, 2.75) is 24.9 Å². The Balaban J connectivity index is 2.29. The largest absolute Gasteiger partial charge is 0.463 e. The van der Waals surface area contributed by atoms with Crippen molar-refractivity contribution in [2.75, 3.05) is 39.0 Å². The summed E-state index contributed by atoms with van der Waals surface area (Å²) in [5.74, 6) is -0.928. The van der Waals surface area contributed by atoms with Crippen molar-refractivity contribution in [1.29, 1.82) is 0 Å². The molecule has 0 aliphatic heterocycles. The van der Waals surface area contributed by atoms with Crippen molar-refractivity contribution in [3.05, 3.63) is 41.9 Å². The second-order valence-corrected chi connectivity index (χ2v) is 10.0. The van der Waals surface area contributed by atoms with E-state index in [0.717, 1.165) is 30.9 Å². The second kappa shape index (κ2) is 12.2. The molecule has 1 aromatic heterocycles. The van der Waals surface area contributed by atoms with E-state index in [0.29, 0.717) is 18.2 Å². The fourth-order valence-corrected chi connectivity index (χ4v) is 4.07. The molecular weight excluding hydrogens is 507 g/mol. The normalized spacial score (nSPS) is 13.3. The third-order valence-electron chi connectivity index (χ3n) is 4.73. The highest BCUT2D eigenvalue weighted by molar-refractivity contribution is 7.90. The Morgan fingerprint density at radius 1 is 1.29 bits per heavy atom. The Hall–Kier alpha value is -2.84. The molecule has 14 heteroatoms. The molecule has 192 valence electrons. The molecule has 0 aliphatic carbocycles. The average Bonchev–Trinajstić information content (AvgIpc) is 3.28. The number of hydrogen-bond acceptors (Lipinski definition) is 10. The van der Waals surface area contributed by atoms with Crippen molar-refractivity contribution in [3.63, 3.8) is 0 Å². The van der Waals surface area contributed by atoms with E-state index in [2.05, 4.69) is 14.3 Å². The molecule has 0 radical (unpaired) electrons. The van der Waals surface area contributed by atoms with Crippen LogP contribution >= 0.6 is 11.5 Å². The van der Waals surface area contributed by atoms with E-state index in [1.54, 1.807) is 6.07 Å². The summed E-state index contributed by atoms with van der Waals surface area (Å²) in [6.07, 6.45) is -3.23. The van der Waals surface area contributed by atoms with Crippen LogP contribution < -0.4 is 5.73 Å². The van der Waals surface area contributed by atoms with Crippen LogP contribution in [0.1, 0.15) is 19.7 Å². The van der Waals surface area contributed by atoms with Crippen LogP contribution in [0.2, 0.25) is 0 Å². The van der Waals surface area contributed by atoms with Gasteiger partial charge < -0.3 is 15.4 Å². The number of aromatic nitrogens is 2. The van der Waals surface area contributed by atoms with Crippen LogP contribution in [0.5, 0.6) is 0 Å². The number of allylic oxidation sites excluding steroid dienone is 2. The summed E-state index contributed by atoms with van der Waals surface area (Å²) >= 11 is 0.831. The molecule has 0 bridgehead atoms.